The van der Waals surface area contributed by atoms with Crippen LogP contribution < -0.4 is 4.74 Å². The Kier molecular flexibility index (Phi) is 5.74. The molecule has 33 heavy (non-hydrogen) atoms. The summed E-state index contributed by atoms with van der Waals surface area (Å²) in [4.78, 5) is 29.8. The van der Waals surface area contributed by atoms with Crippen LogP contribution in [-0.2, 0) is 4.79 Å². The van der Waals surface area contributed by atoms with Gasteiger partial charge in [-0.3, -0.25) is 4.79 Å². The van der Waals surface area contributed by atoms with Gasteiger partial charge in [0.05, 0.1) is 23.4 Å². The summed E-state index contributed by atoms with van der Waals surface area (Å²) in [5.41, 5.74) is 2.24. The normalized spacial score (nSPS) is 17.2. The number of pyridine rings is 1. The third kappa shape index (κ3) is 4.17. The Morgan fingerprint density at radius 2 is 1.85 bits per heavy atom. The molecule has 1 aromatic carbocycles. The summed E-state index contributed by atoms with van der Waals surface area (Å²) < 4.78 is 8.04. The first kappa shape index (κ1) is 21.4. The van der Waals surface area contributed by atoms with E-state index in [1.165, 1.54) is 6.07 Å². The maximum atomic E-state index is 11.9. The number of rotatable bonds is 6. The molecule has 0 atom stereocenters. The molecule has 2 aromatic heterocycles. The Balaban J connectivity index is 1.52. The molecule has 1 aliphatic heterocycles. The number of aromatic carboxylic acids is 1. The third-order valence-corrected chi connectivity index (χ3v) is 6.87. The van der Waals surface area contributed by atoms with E-state index in [2.05, 4.69) is 4.98 Å². The van der Waals surface area contributed by atoms with Gasteiger partial charge < -0.3 is 14.7 Å². The molecule has 1 amide bonds. The molecule has 2 fully saturated rings. The average Bonchev–Trinajstić information content (AvgIpc) is 3.16. The number of carboxylic acid groups (broad SMARTS) is 1. The van der Waals surface area contributed by atoms with Gasteiger partial charge in [-0.15, -0.1) is 0 Å². The summed E-state index contributed by atoms with van der Waals surface area (Å²) >= 11 is 0. The zero-order chi connectivity index (χ0) is 22.9. The molecule has 172 valence electrons. The van der Waals surface area contributed by atoms with Gasteiger partial charge in [0.2, 0.25) is 5.91 Å². The van der Waals surface area contributed by atoms with Crippen LogP contribution >= 0.6 is 0 Å². The summed E-state index contributed by atoms with van der Waals surface area (Å²) in [6, 6.07) is 11.2. The largest absolute Gasteiger partial charge is 0.492 e. The zero-order valence-corrected chi connectivity index (χ0v) is 18.7. The van der Waals surface area contributed by atoms with E-state index in [1.807, 2.05) is 35.2 Å². The van der Waals surface area contributed by atoms with Gasteiger partial charge in [-0.25, -0.2) is 14.5 Å². The highest BCUT2D eigenvalue weighted by Gasteiger charge is 2.30. The summed E-state index contributed by atoms with van der Waals surface area (Å²) in [6.07, 6.45) is 5.03. The summed E-state index contributed by atoms with van der Waals surface area (Å²) in [5, 5.41) is 15.4. The molecule has 1 N–H and O–H groups in total. The van der Waals surface area contributed by atoms with Gasteiger partial charge in [-0.2, -0.15) is 5.10 Å². The quantitative estimate of drug-likeness (QED) is 0.612. The Hall–Kier alpha value is -3.42. The number of carbonyl (C=O) groups is 2. The number of carboxylic acids is 1. The second-order valence-corrected chi connectivity index (χ2v) is 9.03. The van der Waals surface area contributed by atoms with E-state index in [0.29, 0.717) is 29.8 Å². The zero-order valence-electron chi connectivity index (χ0n) is 18.7. The van der Waals surface area contributed by atoms with Gasteiger partial charge >= 0.3 is 5.97 Å². The van der Waals surface area contributed by atoms with Crippen LogP contribution in [0.15, 0.2) is 36.4 Å². The maximum Gasteiger partial charge on any atom is 0.354 e. The smallest absolute Gasteiger partial charge is 0.354 e. The molecule has 2 aliphatic rings. The Morgan fingerprint density at radius 1 is 1.12 bits per heavy atom. The Bertz CT molecular complexity index is 1180. The van der Waals surface area contributed by atoms with Gasteiger partial charge in [0.1, 0.15) is 5.75 Å². The molecule has 3 aromatic rings. The SMILES string of the molecule is CC(=O)N1CCC(COc2cc(C(=O)O)nc3c2c(C2CCC2)nn3-c2ccccc2)CC1. The van der Waals surface area contributed by atoms with E-state index < -0.39 is 5.97 Å². The number of nitrogens with zero attached hydrogens (tertiary/aromatic N) is 4. The van der Waals surface area contributed by atoms with E-state index in [0.717, 1.165) is 62.0 Å². The molecule has 0 radical (unpaired) electrons. The fourth-order valence-corrected chi connectivity index (χ4v) is 4.67. The monoisotopic (exact) mass is 448 g/mol. The van der Waals surface area contributed by atoms with Crippen molar-refractivity contribution in [3.8, 4) is 11.4 Å². The first-order valence-corrected chi connectivity index (χ1v) is 11.6. The number of ether oxygens (including phenoxy) is 1. The summed E-state index contributed by atoms with van der Waals surface area (Å²) in [6.45, 7) is 3.54. The van der Waals surface area contributed by atoms with Crippen LogP contribution in [0.2, 0.25) is 0 Å². The molecule has 8 heteroatoms. The van der Waals surface area contributed by atoms with Crippen LogP contribution in [0.25, 0.3) is 16.7 Å². The van der Waals surface area contributed by atoms with E-state index in [4.69, 9.17) is 9.84 Å². The molecule has 1 saturated heterocycles. The minimum absolute atomic E-state index is 0.0545. The highest BCUT2D eigenvalue weighted by Crippen LogP contribution is 2.42. The molecule has 5 rings (SSSR count). The number of piperidine rings is 1. The minimum atomic E-state index is -1.09. The van der Waals surface area contributed by atoms with Gasteiger partial charge in [0.15, 0.2) is 11.3 Å². The number of hydrogen-bond donors (Lipinski definition) is 1. The van der Waals surface area contributed by atoms with Crippen LogP contribution in [0.3, 0.4) is 0 Å². The molecule has 1 saturated carbocycles. The van der Waals surface area contributed by atoms with Crippen LogP contribution in [0.1, 0.15) is 61.1 Å². The lowest BCUT2D eigenvalue weighted by Gasteiger charge is -2.31. The highest BCUT2D eigenvalue weighted by atomic mass is 16.5. The van der Waals surface area contributed by atoms with E-state index in [1.54, 1.807) is 11.6 Å². The maximum absolute atomic E-state index is 11.9. The van der Waals surface area contributed by atoms with Gasteiger partial charge in [-0.05, 0) is 43.7 Å². The lowest BCUT2D eigenvalue weighted by Crippen LogP contribution is -2.38. The lowest BCUT2D eigenvalue weighted by atomic mass is 9.82. The van der Waals surface area contributed by atoms with Crippen LogP contribution in [0, 0.1) is 5.92 Å². The number of amides is 1. The number of aromatic nitrogens is 3. The van der Waals surface area contributed by atoms with Crippen molar-refractivity contribution in [2.45, 2.75) is 44.9 Å². The fourth-order valence-electron chi connectivity index (χ4n) is 4.67. The third-order valence-electron chi connectivity index (χ3n) is 6.87. The molecule has 3 heterocycles. The van der Waals surface area contributed by atoms with Crippen molar-refractivity contribution >= 4 is 22.9 Å². The van der Waals surface area contributed by atoms with Crippen LogP contribution in [0.5, 0.6) is 5.75 Å². The molecule has 8 nitrogen and oxygen atoms in total. The van der Waals surface area contributed by atoms with Gasteiger partial charge in [0.25, 0.3) is 0 Å². The average molecular weight is 449 g/mol. The molecule has 1 aliphatic carbocycles. The number of likely N-dealkylation sites (tertiary alicyclic amines) is 1. The lowest BCUT2D eigenvalue weighted by molar-refractivity contribution is -0.130. The number of benzene rings is 1. The summed E-state index contributed by atoms with van der Waals surface area (Å²) in [7, 11) is 0. The number of hydrogen-bond acceptors (Lipinski definition) is 5. The van der Waals surface area contributed by atoms with E-state index >= 15 is 0 Å². The molecule has 0 spiro atoms. The van der Waals surface area contributed by atoms with Crippen molar-refractivity contribution in [3.05, 3.63) is 47.8 Å². The minimum Gasteiger partial charge on any atom is -0.492 e. The second kappa shape index (κ2) is 8.84. The van der Waals surface area contributed by atoms with Crippen molar-refractivity contribution < 1.29 is 19.4 Å². The topological polar surface area (TPSA) is 97.6 Å². The van der Waals surface area contributed by atoms with E-state index in [-0.39, 0.29) is 11.6 Å². The van der Waals surface area contributed by atoms with Crippen molar-refractivity contribution in [2.75, 3.05) is 19.7 Å². The number of carbonyl (C=O) groups excluding carboxylic acids is 1. The van der Waals surface area contributed by atoms with Crippen molar-refractivity contribution in [1.82, 2.24) is 19.7 Å². The first-order valence-electron chi connectivity index (χ1n) is 11.6. The molecular formula is C25H28N4O4. The predicted molar refractivity (Wildman–Crippen MR) is 123 cm³/mol. The van der Waals surface area contributed by atoms with Crippen LogP contribution in [0.4, 0.5) is 0 Å². The molecular weight excluding hydrogens is 420 g/mol. The Labute approximate surface area is 192 Å². The second-order valence-electron chi connectivity index (χ2n) is 9.03. The first-order chi connectivity index (χ1) is 16.0. The predicted octanol–water partition coefficient (Wildman–Crippen LogP) is 4.02. The van der Waals surface area contributed by atoms with Crippen molar-refractivity contribution in [2.24, 2.45) is 5.92 Å². The van der Waals surface area contributed by atoms with Crippen LogP contribution in [-0.4, -0.2) is 56.3 Å². The standard InChI is InChI=1S/C25H28N4O4/c1-16(30)28-12-10-17(11-13-28)15-33-21-14-20(25(31)32)26-24-22(21)23(18-6-5-7-18)27-29(24)19-8-3-2-4-9-19/h2-4,8-9,14,17-18H,5-7,10-13,15H2,1H3,(H,31,32). The van der Waals surface area contributed by atoms with E-state index in [9.17, 15) is 14.7 Å². The number of fused-ring (bicyclic) bond motifs is 1. The number of para-hydroxylation sites is 1. The molecule has 0 unspecified atom stereocenters. The fraction of sp³-hybridized carbons (Fsp3) is 0.440. The summed E-state index contributed by atoms with van der Waals surface area (Å²) in [5.74, 6) is 0.192. The van der Waals surface area contributed by atoms with Crippen molar-refractivity contribution in [3.63, 3.8) is 0 Å². The molecule has 0 bridgehead atoms. The van der Waals surface area contributed by atoms with Gasteiger partial charge in [-0.1, -0.05) is 24.6 Å². The Morgan fingerprint density at radius 3 is 2.45 bits per heavy atom. The van der Waals surface area contributed by atoms with Gasteiger partial charge in [0, 0.05) is 32.0 Å². The highest BCUT2D eigenvalue weighted by molar-refractivity contribution is 5.94. The van der Waals surface area contributed by atoms with Crippen molar-refractivity contribution in [1.29, 1.82) is 0 Å².